The summed E-state index contributed by atoms with van der Waals surface area (Å²) in [5, 5.41) is 31.2. The van der Waals surface area contributed by atoms with Crippen LogP contribution in [0.25, 0.3) is 0 Å². The van der Waals surface area contributed by atoms with E-state index < -0.39 is 37.1 Å². The molecule has 0 aromatic rings. The van der Waals surface area contributed by atoms with E-state index in [0.717, 1.165) is 0 Å². The molecule has 0 heterocycles. The number of likely N-dealkylation sites (N-methyl/N-ethyl adjacent to an activating group) is 1. The molecule has 0 radical (unpaired) electrons. The molecule has 0 aliphatic rings. The Hall–Kier alpha value is -1.26. The zero-order chi connectivity index (χ0) is 18.2. The molecule has 0 saturated carbocycles. The lowest BCUT2D eigenvalue weighted by Crippen LogP contribution is -2.58. The first-order valence-electron chi connectivity index (χ1n) is 7.63. The maximum atomic E-state index is 12.1. The number of nitrogens with zero attached hydrogens (tertiary/aromatic N) is 1. The summed E-state index contributed by atoms with van der Waals surface area (Å²) in [7, 11) is 1.46. The van der Waals surface area contributed by atoms with E-state index in [9.17, 15) is 19.8 Å². The quantitative estimate of drug-likeness (QED) is 0.231. The number of hydrogen-bond acceptors (Lipinski definition) is 7. The number of nitrogens with two attached hydrogens (primary N) is 2. The molecule has 136 valence electrons. The first-order chi connectivity index (χ1) is 10.6. The maximum Gasteiger partial charge on any atom is 0.234 e. The second-order valence-corrected chi connectivity index (χ2v) is 6.06. The van der Waals surface area contributed by atoms with Crippen LogP contribution in [0.1, 0.15) is 33.1 Å². The summed E-state index contributed by atoms with van der Waals surface area (Å²) in [6.45, 7) is 3.47. The molecule has 8 N–H and O–H groups in total. The average Bonchev–Trinajstić information content (AvgIpc) is 2.43. The average molecular weight is 334 g/mol. The predicted octanol–water partition coefficient (Wildman–Crippen LogP) is -2.33. The molecule has 4 atom stereocenters. The number of aliphatic hydroxyl groups excluding tert-OH is 3. The number of nitrogens with one attached hydrogen (secondary N) is 1. The molecule has 9 nitrogen and oxygen atoms in total. The highest BCUT2D eigenvalue weighted by Crippen LogP contribution is 2.10. The molecule has 0 aromatic carbocycles. The van der Waals surface area contributed by atoms with Crippen molar-refractivity contribution in [1.29, 1.82) is 0 Å². The summed E-state index contributed by atoms with van der Waals surface area (Å²) in [5.41, 5.74) is 10.4. The Bertz CT molecular complexity index is 378. The van der Waals surface area contributed by atoms with Gasteiger partial charge in [0.25, 0.3) is 0 Å². The van der Waals surface area contributed by atoms with Gasteiger partial charge < -0.3 is 31.7 Å². The molecule has 0 rings (SSSR count). The fraction of sp³-hybridized carbons (Fsp3) is 0.857. The van der Waals surface area contributed by atoms with Crippen molar-refractivity contribution in [3.8, 4) is 0 Å². The summed E-state index contributed by atoms with van der Waals surface area (Å²) in [5.74, 6) is -0.680. The van der Waals surface area contributed by atoms with Crippen molar-refractivity contribution >= 4 is 11.8 Å². The molecule has 0 saturated heterocycles. The summed E-state index contributed by atoms with van der Waals surface area (Å²) in [4.78, 5) is 24.6. The minimum Gasteiger partial charge on any atom is -0.394 e. The molecule has 0 aliphatic heterocycles. The second kappa shape index (κ2) is 10.5. The monoisotopic (exact) mass is 334 g/mol. The fourth-order valence-electron chi connectivity index (χ4n) is 2.03. The van der Waals surface area contributed by atoms with Gasteiger partial charge in [-0.1, -0.05) is 13.8 Å². The molecule has 0 bridgehead atoms. The van der Waals surface area contributed by atoms with Gasteiger partial charge in [0.1, 0.15) is 12.5 Å². The van der Waals surface area contributed by atoms with Gasteiger partial charge in [-0.25, -0.2) is 0 Å². The van der Waals surface area contributed by atoms with E-state index in [1.54, 1.807) is 0 Å². The van der Waals surface area contributed by atoms with Crippen LogP contribution >= 0.6 is 0 Å². The van der Waals surface area contributed by atoms with Gasteiger partial charge in [0.05, 0.1) is 18.7 Å². The Kier molecular flexibility index (Phi) is 9.93. The van der Waals surface area contributed by atoms with E-state index in [4.69, 9.17) is 16.6 Å². The van der Waals surface area contributed by atoms with Gasteiger partial charge in [-0.2, -0.15) is 0 Å². The van der Waals surface area contributed by atoms with E-state index in [1.165, 1.54) is 11.9 Å². The number of carbonyl (C=O) groups excluding carboxylic acids is 2. The lowest BCUT2D eigenvalue weighted by molar-refractivity contribution is -0.137. The maximum absolute atomic E-state index is 12.1. The third-order valence-electron chi connectivity index (χ3n) is 3.57. The highest BCUT2D eigenvalue weighted by Gasteiger charge is 2.30. The fourth-order valence-corrected chi connectivity index (χ4v) is 2.03. The van der Waals surface area contributed by atoms with Gasteiger partial charge in [-0.05, 0) is 12.3 Å². The zero-order valence-electron chi connectivity index (χ0n) is 14.0. The number of amides is 2. The first kappa shape index (κ1) is 21.7. The Morgan fingerprint density at radius 3 is 2.22 bits per heavy atom. The van der Waals surface area contributed by atoms with Crippen LogP contribution in [0, 0.1) is 5.92 Å². The molecule has 23 heavy (non-hydrogen) atoms. The Labute approximate surface area is 136 Å². The van der Waals surface area contributed by atoms with Crippen molar-refractivity contribution in [3.63, 3.8) is 0 Å². The lowest BCUT2D eigenvalue weighted by Gasteiger charge is -2.33. The Morgan fingerprint density at radius 2 is 1.83 bits per heavy atom. The third-order valence-corrected chi connectivity index (χ3v) is 3.57. The highest BCUT2D eigenvalue weighted by molar-refractivity contribution is 5.80. The van der Waals surface area contributed by atoms with Crippen LogP contribution in [0.2, 0.25) is 0 Å². The van der Waals surface area contributed by atoms with Gasteiger partial charge in [-0.3, -0.25) is 14.9 Å². The summed E-state index contributed by atoms with van der Waals surface area (Å²) in [6, 6.07) is -2.04. The van der Waals surface area contributed by atoms with Crippen LogP contribution in [-0.2, 0) is 9.59 Å². The molecule has 0 fully saturated rings. The molecular weight excluding hydrogens is 304 g/mol. The van der Waals surface area contributed by atoms with Crippen LogP contribution < -0.4 is 16.8 Å². The number of rotatable bonds is 11. The van der Waals surface area contributed by atoms with Crippen LogP contribution in [-0.4, -0.2) is 70.2 Å². The van der Waals surface area contributed by atoms with Gasteiger partial charge in [0, 0.05) is 19.9 Å². The van der Waals surface area contributed by atoms with Crippen molar-refractivity contribution in [2.75, 3.05) is 13.7 Å². The second-order valence-electron chi connectivity index (χ2n) is 6.06. The minimum atomic E-state index is -1.40. The Morgan fingerprint density at radius 1 is 1.26 bits per heavy atom. The number of hydrogen-bond donors (Lipinski definition) is 6. The predicted molar refractivity (Wildman–Crippen MR) is 84.7 cm³/mol. The SMILES string of the molecule is CC(C)CCC(=O)N(C)C(CO)C(O)NC(CC(N)O)C(N)=O. The highest BCUT2D eigenvalue weighted by atomic mass is 16.3. The van der Waals surface area contributed by atoms with Crippen LogP contribution in [0.15, 0.2) is 0 Å². The van der Waals surface area contributed by atoms with Gasteiger partial charge in [0.15, 0.2) is 0 Å². The first-order valence-corrected chi connectivity index (χ1v) is 7.63. The van der Waals surface area contributed by atoms with Crippen molar-refractivity contribution in [2.24, 2.45) is 17.4 Å². The zero-order valence-corrected chi connectivity index (χ0v) is 14.0. The van der Waals surface area contributed by atoms with E-state index in [2.05, 4.69) is 5.32 Å². The van der Waals surface area contributed by atoms with Crippen molar-refractivity contribution < 1.29 is 24.9 Å². The summed E-state index contributed by atoms with van der Waals surface area (Å²) >= 11 is 0. The minimum absolute atomic E-state index is 0.199. The van der Waals surface area contributed by atoms with Gasteiger partial charge in [-0.15, -0.1) is 0 Å². The van der Waals surface area contributed by atoms with Crippen LogP contribution in [0.5, 0.6) is 0 Å². The van der Waals surface area contributed by atoms with Gasteiger partial charge in [0.2, 0.25) is 11.8 Å². The molecule has 9 heteroatoms. The lowest BCUT2D eigenvalue weighted by atomic mass is 10.1. The van der Waals surface area contributed by atoms with Crippen molar-refractivity contribution in [3.05, 3.63) is 0 Å². The van der Waals surface area contributed by atoms with Gasteiger partial charge >= 0.3 is 0 Å². The Balaban J connectivity index is 4.79. The largest absolute Gasteiger partial charge is 0.394 e. The number of carbonyl (C=O) groups is 2. The van der Waals surface area contributed by atoms with E-state index in [0.29, 0.717) is 12.3 Å². The molecular formula is C14H30N4O5. The van der Waals surface area contributed by atoms with Crippen LogP contribution in [0.3, 0.4) is 0 Å². The van der Waals surface area contributed by atoms with Crippen LogP contribution in [0.4, 0.5) is 0 Å². The van der Waals surface area contributed by atoms with E-state index >= 15 is 0 Å². The summed E-state index contributed by atoms with van der Waals surface area (Å²) in [6.07, 6.45) is -1.91. The van der Waals surface area contributed by atoms with Crippen molar-refractivity contribution in [2.45, 2.75) is 57.6 Å². The van der Waals surface area contributed by atoms with E-state index in [-0.39, 0.29) is 18.7 Å². The molecule has 4 unspecified atom stereocenters. The smallest absolute Gasteiger partial charge is 0.234 e. The summed E-state index contributed by atoms with van der Waals surface area (Å²) < 4.78 is 0. The normalized spacial score (nSPS) is 16.7. The molecule has 0 spiro atoms. The molecule has 0 aliphatic carbocycles. The molecule has 2 amide bonds. The third kappa shape index (κ3) is 8.24. The standard InChI is InChI=1S/C14H30N4O5/c1-8(2)4-5-12(21)18(3)10(7-19)14(23)17-9(13(16)22)6-11(15)20/h8-11,14,17,19-20,23H,4-7,15H2,1-3H3,(H2,16,22). The van der Waals surface area contributed by atoms with Crippen molar-refractivity contribution in [1.82, 2.24) is 10.2 Å². The molecule has 0 aromatic heterocycles. The number of aliphatic hydroxyl groups is 3. The number of primary amides is 1. The topological polar surface area (TPSA) is 162 Å². The van der Waals surface area contributed by atoms with E-state index in [1.807, 2.05) is 13.8 Å².